The average molecular weight is 388 g/mol. The molecular weight excluding hydrogens is 361 g/mol. The van der Waals surface area contributed by atoms with E-state index in [0.29, 0.717) is 29.4 Å². The SMILES string of the molecule is C=CCOc1ccc(C2CCC(CCc3ccc(C)c(F)c3F)CC2)cc1F. The van der Waals surface area contributed by atoms with Crippen molar-refractivity contribution in [2.45, 2.75) is 51.4 Å². The molecule has 0 N–H and O–H groups in total. The summed E-state index contributed by atoms with van der Waals surface area (Å²) in [4.78, 5) is 0. The van der Waals surface area contributed by atoms with E-state index in [1.54, 1.807) is 37.3 Å². The van der Waals surface area contributed by atoms with Crippen LogP contribution in [0.3, 0.4) is 0 Å². The Morgan fingerprint density at radius 2 is 1.79 bits per heavy atom. The molecule has 1 fully saturated rings. The van der Waals surface area contributed by atoms with E-state index in [-0.39, 0.29) is 18.2 Å². The first-order chi connectivity index (χ1) is 13.5. The normalized spacial score (nSPS) is 19.4. The molecule has 28 heavy (non-hydrogen) atoms. The zero-order chi connectivity index (χ0) is 20.1. The highest BCUT2D eigenvalue weighted by molar-refractivity contribution is 5.32. The van der Waals surface area contributed by atoms with Crippen molar-refractivity contribution in [3.05, 3.63) is 77.1 Å². The van der Waals surface area contributed by atoms with E-state index in [4.69, 9.17) is 4.74 Å². The molecule has 0 aromatic heterocycles. The minimum atomic E-state index is -0.733. The van der Waals surface area contributed by atoms with Crippen LogP contribution >= 0.6 is 0 Å². The molecule has 1 saturated carbocycles. The van der Waals surface area contributed by atoms with Crippen molar-refractivity contribution in [1.29, 1.82) is 0 Å². The summed E-state index contributed by atoms with van der Waals surface area (Å²) in [5.74, 6) is -0.678. The number of hydrogen-bond donors (Lipinski definition) is 0. The van der Waals surface area contributed by atoms with Crippen LogP contribution in [0.2, 0.25) is 0 Å². The van der Waals surface area contributed by atoms with Gasteiger partial charge < -0.3 is 4.74 Å². The van der Waals surface area contributed by atoms with Gasteiger partial charge in [0.1, 0.15) is 6.61 Å². The fraction of sp³-hybridized carbons (Fsp3) is 0.417. The van der Waals surface area contributed by atoms with Gasteiger partial charge in [0.15, 0.2) is 23.2 Å². The lowest BCUT2D eigenvalue weighted by molar-refractivity contribution is 0.307. The second-order valence-corrected chi connectivity index (χ2v) is 7.72. The molecule has 0 atom stereocenters. The second kappa shape index (κ2) is 9.31. The van der Waals surface area contributed by atoms with Crippen molar-refractivity contribution in [3.63, 3.8) is 0 Å². The summed E-state index contributed by atoms with van der Waals surface area (Å²) >= 11 is 0. The van der Waals surface area contributed by atoms with Crippen LogP contribution in [0.5, 0.6) is 5.75 Å². The molecule has 0 amide bonds. The van der Waals surface area contributed by atoms with Gasteiger partial charge >= 0.3 is 0 Å². The molecule has 0 heterocycles. The molecule has 1 aliphatic carbocycles. The van der Waals surface area contributed by atoms with Gasteiger partial charge in [-0.3, -0.25) is 0 Å². The monoisotopic (exact) mass is 388 g/mol. The van der Waals surface area contributed by atoms with Crippen LogP contribution in [-0.4, -0.2) is 6.61 Å². The largest absolute Gasteiger partial charge is 0.486 e. The summed E-state index contributed by atoms with van der Waals surface area (Å²) in [5.41, 5.74) is 1.81. The van der Waals surface area contributed by atoms with Crippen LogP contribution in [0.1, 0.15) is 54.7 Å². The summed E-state index contributed by atoms with van der Waals surface area (Å²) in [7, 11) is 0. The van der Waals surface area contributed by atoms with E-state index in [2.05, 4.69) is 6.58 Å². The van der Waals surface area contributed by atoms with E-state index in [1.165, 1.54) is 0 Å². The summed E-state index contributed by atoms with van der Waals surface area (Å²) in [6.45, 7) is 5.42. The van der Waals surface area contributed by atoms with Crippen molar-refractivity contribution >= 4 is 0 Å². The van der Waals surface area contributed by atoms with Crippen molar-refractivity contribution in [1.82, 2.24) is 0 Å². The molecule has 0 bridgehead atoms. The number of hydrogen-bond acceptors (Lipinski definition) is 1. The Morgan fingerprint density at radius 1 is 1.04 bits per heavy atom. The van der Waals surface area contributed by atoms with Gasteiger partial charge in [0.2, 0.25) is 0 Å². The van der Waals surface area contributed by atoms with Gasteiger partial charge in [-0.1, -0.05) is 30.9 Å². The molecular formula is C24H27F3O. The van der Waals surface area contributed by atoms with Gasteiger partial charge in [0.25, 0.3) is 0 Å². The number of halogens is 3. The molecule has 1 nitrogen and oxygen atoms in total. The maximum atomic E-state index is 14.2. The average Bonchev–Trinajstić information content (AvgIpc) is 2.71. The second-order valence-electron chi connectivity index (χ2n) is 7.72. The predicted molar refractivity (Wildman–Crippen MR) is 106 cm³/mol. The standard InChI is InChI=1S/C24H27F3O/c1-3-14-28-22-13-12-20(15-21(22)25)18-9-5-17(6-10-18)7-11-19-8-4-16(2)23(26)24(19)27/h3-4,8,12-13,15,17-18H,1,5-7,9-11,14H2,2H3. The maximum Gasteiger partial charge on any atom is 0.165 e. The molecule has 150 valence electrons. The summed E-state index contributed by atoms with van der Waals surface area (Å²) < 4.78 is 47.2. The quantitative estimate of drug-likeness (QED) is 0.470. The minimum absolute atomic E-state index is 0.254. The van der Waals surface area contributed by atoms with Crippen molar-refractivity contribution < 1.29 is 17.9 Å². The Balaban J connectivity index is 1.53. The summed E-state index contributed by atoms with van der Waals surface area (Å²) in [6, 6.07) is 8.54. The summed E-state index contributed by atoms with van der Waals surface area (Å²) in [5, 5.41) is 0. The van der Waals surface area contributed by atoms with Gasteiger partial charge in [0.05, 0.1) is 0 Å². The molecule has 2 aromatic carbocycles. The van der Waals surface area contributed by atoms with E-state index in [0.717, 1.165) is 37.7 Å². The van der Waals surface area contributed by atoms with Gasteiger partial charge in [-0.05, 0) is 86.1 Å². The van der Waals surface area contributed by atoms with Crippen LogP contribution in [-0.2, 0) is 6.42 Å². The van der Waals surface area contributed by atoms with E-state index in [9.17, 15) is 13.2 Å². The molecule has 0 unspecified atom stereocenters. The Bertz CT molecular complexity index is 823. The number of benzene rings is 2. The van der Waals surface area contributed by atoms with Gasteiger partial charge in [0, 0.05) is 0 Å². The number of rotatable bonds is 7. The molecule has 0 saturated heterocycles. The fourth-order valence-corrected chi connectivity index (χ4v) is 4.06. The molecule has 0 radical (unpaired) electrons. The zero-order valence-corrected chi connectivity index (χ0v) is 16.3. The highest BCUT2D eigenvalue weighted by Gasteiger charge is 2.23. The van der Waals surface area contributed by atoms with E-state index < -0.39 is 11.6 Å². The number of ether oxygens (including phenoxy) is 1. The number of aryl methyl sites for hydroxylation is 2. The predicted octanol–water partition coefficient (Wildman–Crippen LogP) is 6.88. The third-order valence-corrected chi connectivity index (χ3v) is 5.81. The van der Waals surface area contributed by atoms with E-state index in [1.807, 2.05) is 6.07 Å². The fourth-order valence-electron chi connectivity index (χ4n) is 4.06. The first-order valence-corrected chi connectivity index (χ1v) is 9.96. The summed E-state index contributed by atoms with van der Waals surface area (Å²) in [6.07, 6.45) is 7.03. The molecule has 1 aliphatic rings. The van der Waals surface area contributed by atoms with Crippen LogP contribution in [0.15, 0.2) is 43.0 Å². The van der Waals surface area contributed by atoms with Crippen LogP contribution < -0.4 is 4.74 Å². The van der Waals surface area contributed by atoms with Crippen molar-refractivity contribution in [2.75, 3.05) is 6.61 Å². The lowest BCUT2D eigenvalue weighted by Crippen LogP contribution is -2.14. The Hall–Kier alpha value is -2.23. The van der Waals surface area contributed by atoms with Crippen LogP contribution in [0, 0.1) is 30.3 Å². The lowest BCUT2D eigenvalue weighted by atomic mass is 9.77. The van der Waals surface area contributed by atoms with Crippen molar-refractivity contribution in [3.8, 4) is 5.75 Å². The molecule has 3 rings (SSSR count). The highest BCUT2D eigenvalue weighted by atomic mass is 19.2. The Morgan fingerprint density at radius 3 is 2.46 bits per heavy atom. The lowest BCUT2D eigenvalue weighted by Gasteiger charge is -2.29. The van der Waals surface area contributed by atoms with Gasteiger partial charge in [-0.25, -0.2) is 13.2 Å². The third kappa shape index (κ3) is 4.78. The molecule has 4 heteroatoms. The Labute approximate surface area is 165 Å². The maximum absolute atomic E-state index is 14.2. The Kier molecular flexibility index (Phi) is 6.82. The van der Waals surface area contributed by atoms with Crippen molar-refractivity contribution in [2.24, 2.45) is 5.92 Å². The first-order valence-electron chi connectivity index (χ1n) is 9.96. The molecule has 0 spiro atoms. The van der Waals surface area contributed by atoms with Crippen LogP contribution in [0.25, 0.3) is 0 Å². The van der Waals surface area contributed by atoms with E-state index >= 15 is 0 Å². The minimum Gasteiger partial charge on any atom is -0.486 e. The van der Waals surface area contributed by atoms with Crippen LogP contribution in [0.4, 0.5) is 13.2 Å². The highest BCUT2D eigenvalue weighted by Crippen LogP contribution is 2.38. The smallest absolute Gasteiger partial charge is 0.165 e. The van der Waals surface area contributed by atoms with Gasteiger partial charge in [-0.15, -0.1) is 0 Å². The third-order valence-electron chi connectivity index (χ3n) is 5.81. The molecule has 0 aliphatic heterocycles. The first kappa shape index (κ1) is 20.5. The molecule has 2 aromatic rings. The zero-order valence-electron chi connectivity index (χ0n) is 16.3. The van der Waals surface area contributed by atoms with Gasteiger partial charge in [-0.2, -0.15) is 0 Å². The topological polar surface area (TPSA) is 9.23 Å².